The van der Waals surface area contributed by atoms with Crippen LogP contribution in [-0.4, -0.2) is 20.2 Å². The number of phosphoric acid groups is 1. The number of rotatable bonds is 0. The third kappa shape index (κ3) is 230. The Hall–Kier alpha value is 1.82. The summed E-state index contributed by atoms with van der Waals surface area (Å²) in [6.07, 6.45) is 0. The molecule has 0 unspecified atom stereocenters. The fourth-order valence-electron chi connectivity index (χ4n) is 0. The van der Waals surface area contributed by atoms with Crippen LogP contribution in [0, 0.1) is 0 Å². The molecule has 54 valence electrons. The van der Waals surface area contributed by atoms with E-state index in [2.05, 4.69) is 0 Å². The van der Waals surface area contributed by atoms with Gasteiger partial charge < -0.3 is 30.6 Å². The van der Waals surface area contributed by atoms with Crippen molar-refractivity contribution in [2.75, 3.05) is 0 Å². The molecule has 10 heavy (non-hydrogen) atoms. The topological polar surface area (TPSA) is 144 Å². The van der Waals surface area contributed by atoms with Crippen LogP contribution in [0.5, 0.6) is 0 Å². The summed E-state index contributed by atoms with van der Waals surface area (Å²) in [5.74, 6) is 0. The van der Waals surface area contributed by atoms with Crippen molar-refractivity contribution in [3.8, 4) is 0 Å². The zero-order valence-electron chi connectivity index (χ0n) is 9.40. The fourth-order valence-corrected chi connectivity index (χ4v) is 0. The molecule has 0 atom stereocenters. The first kappa shape index (κ1) is 40.8. The minimum Gasteiger partial charge on any atom is -1.00 e. The molecule has 0 aliphatic heterocycles. The molecule has 0 saturated heterocycles. The summed E-state index contributed by atoms with van der Waals surface area (Å²) < 4.78 is 8.88. The van der Waals surface area contributed by atoms with Crippen molar-refractivity contribution in [3.63, 3.8) is 0 Å². The van der Waals surface area contributed by atoms with Crippen molar-refractivity contribution in [3.05, 3.63) is 0 Å². The van der Waals surface area contributed by atoms with Crippen LogP contribution in [0.3, 0.4) is 0 Å². The van der Waals surface area contributed by atoms with E-state index in [0.29, 0.717) is 0 Å². The summed E-state index contributed by atoms with van der Waals surface area (Å²) in [4.78, 5) is 21.6. The van der Waals surface area contributed by atoms with Crippen LogP contribution in [0.1, 0.15) is 4.28 Å². The van der Waals surface area contributed by atoms with Crippen LogP contribution in [-0.2, 0) is 4.57 Å². The molecule has 0 saturated carbocycles. The van der Waals surface area contributed by atoms with E-state index >= 15 is 0 Å². The van der Waals surface area contributed by atoms with Crippen LogP contribution < -0.4 is 62.7 Å². The fraction of sp³-hybridized carbons (Fsp3) is 0. The predicted molar refractivity (Wildman–Crippen MR) is 26.2 cm³/mol. The molecule has 0 rings (SSSR count). The van der Waals surface area contributed by atoms with Gasteiger partial charge in [-0.1, -0.05) is 0 Å². The van der Waals surface area contributed by atoms with Crippen LogP contribution in [0.4, 0.5) is 0 Å². The van der Waals surface area contributed by atoms with E-state index in [1.807, 2.05) is 0 Å². The summed E-state index contributed by atoms with van der Waals surface area (Å²) >= 11 is 0. The molecule has 0 aromatic carbocycles. The second-order valence-electron chi connectivity index (χ2n) is 0.513. The average molecular weight is 157 g/mol. The smallest absolute Gasteiger partial charge is 1.00 e. The summed E-state index contributed by atoms with van der Waals surface area (Å²) in [5, 5.41) is 0. The van der Waals surface area contributed by atoms with Gasteiger partial charge in [-0.2, -0.15) is 0 Å². The van der Waals surface area contributed by atoms with E-state index in [9.17, 15) is 0 Å². The summed E-state index contributed by atoms with van der Waals surface area (Å²) in [7, 11) is -4.64. The standard InChI is InChI=1S/3Li.H3N.H3O4P.H2O.3H/c;;;;1-5(2,3)4;;;;/h;;;1H3;(H3,1,2,3,4);1H2;;;/q3*+1;;;;3*-1. The third-order valence-corrected chi connectivity index (χ3v) is 0. The third-order valence-electron chi connectivity index (χ3n) is 0. The van der Waals surface area contributed by atoms with Gasteiger partial charge in [0.1, 0.15) is 0 Å². The Kier molecular flexibility index (Phi) is 69.7. The van der Waals surface area contributed by atoms with Crippen LogP contribution >= 0.6 is 7.82 Å². The molecule has 0 heterocycles. The SMILES string of the molecule is N.O.O=P(O)(O)O.[H-].[H-].[H-].[Li+].[Li+].[Li+]. The minimum atomic E-state index is -4.64. The molecule has 10 heteroatoms. The second kappa shape index (κ2) is 17.1. The normalized spacial score (nSPS) is 5.90. The van der Waals surface area contributed by atoms with Crippen molar-refractivity contribution in [1.82, 2.24) is 6.15 Å². The Balaban J connectivity index is -0.00000000286. The zero-order chi connectivity index (χ0) is 4.50. The maximum atomic E-state index is 8.88. The van der Waals surface area contributed by atoms with Crippen LogP contribution in [0.15, 0.2) is 0 Å². The number of hydrogen-bond donors (Lipinski definition) is 4. The first-order valence-electron chi connectivity index (χ1n) is 0.783. The van der Waals surface area contributed by atoms with Crippen molar-refractivity contribution in [1.29, 1.82) is 0 Å². The van der Waals surface area contributed by atoms with Gasteiger partial charge in [0.15, 0.2) is 0 Å². The average Bonchev–Trinajstić information content (AvgIpc) is 0.722. The molecule has 0 aromatic heterocycles. The predicted octanol–water partition coefficient (Wildman–Crippen LogP) is -10.2. The molecule has 0 aromatic rings. The van der Waals surface area contributed by atoms with Gasteiger partial charge in [0.05, 0.1) is 0 Å². The molecule has 0 spiro atoms. The van der Waals surface area contributed by atoms with Gasteiger partial charge in [-0.3, -0.25) is 0 Å². The van der Waals surface area contributed by atoms with E-state index in [-0.39, 0.29) is 72.5 Å². The van der Waals surface area contributed by atoms with Crippen molar-refractivity contribution in [2.24, 2.45) is 0 Å². The Morgan fingerprint density at radius 2 is 1.00 bits per heavy atom. The Morgan fingerprint density at radius 3 is 1.00 bits per heavy atom. The molecule has 0 aliphatic carbocycles. The van der Waals surface area contributed by atoms with Crippen molar-refractivity contribution in [2.45, 2.75) is 0 Å². The summed E-state index contributed by atoms with van der Waals surface area (Å²) in [6.45, 7) is 0. The van der Waals surface area contributed by atoms with Gasteiger partial charge in [-0.15, -0.1) is 0 Å². The molecule has 8 N–H and O–H groups in total. The van der Waals surface area contributed by atoms with Gasteiger partial charge in [-0.25, -0.2) is 4.57 Å². The molecule has 0 fully saturated rings. The number of hydrogen-bond acceptors (Lipinski definition) is 2. The van der Waals surface area contributed by atoms with E-state index in [1.165, 1.54) is 0 Å². The second-order valence-corrected chi connectivity index (χ2v) is 1.54. The quantitative estimate of drug-likeness (QED) is 0.203. The summed E-state index contributed by atoms with van der Waals surface area (Å²) in [6, 6.07) is 0. The monoisotopic (exact) mass is 157 g/mol. The van der Waals surface area contributed by atoms with Crippen molar-refractivity contribution < 1.29 is 85.6 Å². The van der Waals surface area contributed by atoms with Gasteiger partial charge in [-0.05, 0) is 0 Å². The van der Waals surface area contributed by atoms with E-state index in [1.54, 1.807) is 0 Å². The van der Waals surface area contributed by atoms with Crippen LogP contribution in [0.2, 0.25) is 0 Å². The maximum Gasteiger partial charge on any atom is 1.00 e. The maximum absolute atomic E-state index is 8.88. The molecular weight excluding hydrogens is 146 g/mol. The van der Waals surface area contributed by atoms with Gasteiger partial charge in [0.2, 0.25) is 0 Å². The molecule has 6 nitrogen and oxygen atoms in total. The Bertz CT molecular complexity index is 73.2. The van der Waals surface area contributed by atoms with Gasteiger partial charge in [0.25, 0.3) is 0 Å². The molecule has 0 aliphatic rings. The molecule has 0 radical (unpaired) electrons. The first-order chi connectivity index (χ1) is 2.00. The van der Waals surface area contributed by atoms with E-state index < -0.39 is 7.82 Å². The first-order valence-corrected chi connectivity index (χ1v) is 2.35. The van der Waals surface area contributed by atoms with E-state index in [0.717, 1.165) is 0 Å². The van der Waals surface area contributed by atoms with Gasteiger partial charge in [0, 0.05) is 0 Å². The zero-order valence-corrected chi connectivity index (χ0v) is 7.30. The Morgan fingerprint density at radius 1 is 1.00 bits per heavy atom. The minimum absolute atomic E-state index is 0. The Labute approximate surface area is 99.3 Å². The van der Waals surface area contributed by atoms with Gasteiger partial charge >= 0.3 is 64.4 Å². The molecular formula is H11Li3NO5P. The largest absolute Gasteiger partial charge is 1.00 e. The molecule has 0 amide bonds. The van der Waals surface area contributed by atoms with Crippen LogP contribution in [0.25, 0.3) is 0 Å². The summed E-state index contributed by atoms with van der Waals surface area (Å²) in [5.41, 5.74) is 0. The van der Waals surface area contributed by atoms with E-state index in [4.69, 9.17) is 19.2 Å². The molecule has 0 bridgehead atoms. The van der Waals surface area contributed by atoms with Crippen molar-refractivity contribution >= 4 is 7.82 Å².